The number of halogens is 2. The van der Waals surface area contributed by atoms with Crippen LogP contribution in [0.2, 0.25) is 5.02 Å². The number of thioether (sulfide) groups is 1. The molecular formula is C19H20ClFN2O2S. The number of anilines is 2. The van der Waals surface area contributed by atoms with Crippen LogP contribution in [0.15, 0.2) is 47.4 Å². The van der Waals surface area contributed by atoms with Gasteiger partial charge in [-0.15, -0.1) is 11.8 Å². The first-order valence-corrected chi connectivity index (χ1v) is 9.62. The zero-order chi connectivity index (χ0) is 18.9. The van der Waals surface area contributed by atoms with E-state index >= 15 is 0 Å². The molecule has 2 N–H and O–H groups in total. The minimum absolute atomic E-state index is 0.0140. The van der Waals surface area contributed by atoms with Crippen LogP contribution in [0.1, 0.15) is 26.2 Å². The van der Waals surface area contributed by atoms with Crippen LogP contribution in [-0.2, 0) is 9.59 Å². The van der Waals surface area contributed by atoms with Gasteiger partial charge in [-0.3, -0.25) is 9.59 Å². The van der Waals surface area contributed by atoms with Crippen LogP contribution in [0.3, 0.4) is 0 Å². The molecule has 7 heteroatoms. The lowest BCUT2D eigenvalue weighted by molar-refractivity contribution is -0.116. The fourth-order valence-electron chi connectivity index (χ4n) is 2.14. The first kappa shape index (κ1) is 20.3. The summed E-state index contributed by atoms with van der Waals surface area (Å²) < 4.78 is 13.1. The summed E-state index contributed by atoms with van der Waals surface area (Å²) in [4.78, 5) is 24.7. The van der Waals surface area contributed by atoms with E-state index < -0.39 is 5.82 Å². The fourth-order valence-corrected chi connectivity index (χ4v) is 3.08. The highest BCUT2D eigenvalue weighted by Crippen LogP contribution is 2.23. The maximum absolute atomic E-state index is 13.1. The van der Waals surface area contributed by atoms with Gasteiger partial charge in [0.2, 0.25) is 11.8 Å². The highest BCUT2D eigenvalue weighted by atomic mass is 35.5. The summed E-state index contributed by atoms with van der Waals surface area (Å²) >= 11 is 7.04. The van der Waals surface area contributed by atoms with Gasteiger partial charge in [0.25, 0.3) is 0 Å². The molecule has 2 amide bonds. The number of hydrogen-bond donors (Lipinski definition) is 2. The number of amides is 2. The van der Waals surface area contributed by atoms with Crippen LogP contribution in [0.4, 0.5) is 15.8 Å². The Morgan fingerprint density at radius 2 is 1.81 bits per heavy atom. The SMILES string of the molecule is CCCCC(=O)Nc1cccc(SCC(=O)Nc2ccc(F)c(Cl)c2)c1. The third-order valence-electron chi connectivity index (χ3n) is 3.45. The first-order chi connectivity index (χ1) is 12.5. The molecule has 2 aromatic rings. The molecule has 138 valence electrons. The summed E-state index contributed by atoms with van der Waals surface area (Å²) in [6, 6.07) is 11.4. The molecular weight excluding hydrogens is 375 g/mol. The summed E-state index contributed by atoms with van der Waals surface area (Å²) in [7, 11) is 0. The number of hydrogen-bond acceptors (Lipinski definition) is 3. The predicted octanol–water partition coefficient (Wildman–Crippen LogP) is 5.34. The summed E-state index contributed by atoms with van der Waals surface area (Å²) in [5.74, 6) is -0.589. The summed E-state index contributed by atoms with van der Waals surface area (Å²) in [6.45, 7) is 2.04. The number of unbranched alkanes of at least 4 members (excludes halogenated alkanes) is 1. The van der Waals surface area contributed by atoms with Crippen molar-refractivity contribution < 1.29 is 14.0 Å². The number of nitrogens with one attached hydrogen (secondary N) is 2. The molecule has 0 atom stereocenters. The van der Waals surface area contributed by atoms with Crippen LogP contribution in [-0.4, -0.2) is 17.6 Å². The highest BCUT2D eigenvalue weighted by molar-refractivity contribution is 8.00. The second-order valence-electron chi connectivity index (χ2n) is 5.65. The Kier molecular flexibility index (Phi) is 7.94. The van der Waals surface area contributed by atoms with E-state index in [4.69, 9.17) is 11.6 Å². The quantitative estimate of drug-likeness (QED) is 0.594. The van der Waals surface area contributed by atoms with Crippen molar-refractivity contribution in [1.29, 1.82) is 0 Å². The standard InChI is InChI=1S/C19H20ClFN2O2S/c1-2-3-7-18(24)22-13-5-4-6-15(10-13)26-12-19(25)23-14-8-9-17(21)16(20)11-14/h4-6,8-11H,2-3,7,12H2,1H3,(H,22,24)(H,23,25). The Labute approximate surface area is 161 Å². The molecule has 0 fully saturated rings. The maximum atomic E-state index is 13.1. The van der Waals surface area contributed by atoms with Crippen molar-refractivity contribution >= 4 is 46.6 Å². The average molecular weight is 395 g/mol. The van der Waals surface area contributed by atoms with Crippen molar-refractivity contribution in [3.05, 3.63) is 53.3 Å². The Bertz CT molecular complexity index is 786. The maximum Gasteiger partial charge on any atom is 0.234 e. The number of benzene rings is 2. The Hall–Kier alpha value is -2.05. The van der Waals surface area contributed by atoms with Crippen LogP contribution >= 0.6 is 23.4 Å². The summed E-state index contributed by atoms with van der Waals surface area (Å²) in [6.07, 6.45) is 2.32. The van der Waals surface area contributed by atoms with Crippen molar-refractivity contribution in [1.82, 2.24) is 0 Å². The zero-order valence-corrected chi connectivity index (χ0v) is 15.9. The lowest BCUT2D eigenvalue weighted by Gasteiger charge is -2.08. The van der Waals surface area contributed by atoms with E-state index in [2.05, 4.69) is 10.6 Å². The predicted molar refractivity (Wildman–Crippen MR) is 105 cm³/mol. The van der Waals surface area contributed by atoms with E-state index in [-0.39, 0.29) is 22.6 Å². The van der Waals surface area contributed by atoms with Crippen LogP contribution in [0.5, 0.6) is 0 Å². The number of carbonyl (C=O) groups is 2. The molecule has 26 heavy (non-hydrogen) atoms. The van der Waals surface area contributed by atoms with E-state index in [0.29, 0.717) is 17.8 Å². The van der Waals surface area contributed by atoms with E-state index in [9.17, 15) is 14.0 Å². The smallest absolute Gasteiger partial charge is 0.234 e. The lowest BCUT2D eigenvalue weighted by atomic mass is 10.2. The van der Waals surface area contributed by atoms with Gasteiger partial charge in [0, 0.05) is 22.7 Å². The lowest BCUT2D eigenvalue weighted by Crippen LogP contribution is -2.14. The van der Waals surface area contributed by atoms with E-state index in [0.717, 1.165) is 17.7 Å². The van der Waals surface area contributed by atoms with Gasteiger partial charge in [-0.2, -0.15) is 0 Å². The first-order valence-electron chi connectivity index (χ1n) is 8.25. The second-order valence-corrected chi connectivity index (χ2v) is 7.10. The van der Waals surface area contributed by atoms with Gasteiger partial charge >= 0.3 is 0 Å². The van der Waals surface area contributed by atoms with Crippen molar-refractivity contribution in [3.8, 4) is 0 Å². The molecule has 0 heterocycles. The van der Waals surface area contributed by atoms with E-state index in [1.807, 2.05) is 31.2 Å². The summed E-state index contributed by atoms with van der Waals surface area (Å²) in [5, 5.41) is 5.48. The topological polar surface area (TPSA) is 58.2 Å². The van der Waals surface area contributed by atoms with Crippen molar-refractivity contribution in [2.75, 3.05) is 16.4 Å². The minimum atomic E-state index is -0.531. The highest BCUT2D eigenvalue weighted by Gasteiger charge is 2.07. The monoisotopic (exact) mass is 394 g/mol. The van der Waals surface area contributed by atoms with Gasteiger partial charge in [0.1, 0.15) is 5.82 Å². The van der Waals surface area contributed by atoms with E-state index in [1.165, 1.54) is 30.0 Å². The molecule has 0 radical (unpaired) electrons. The van der Waals surface area contributed by atoms with Crippen molar-refractivity contribution in [2.45, 2.75) is 31.1 Å². The van der Waals surface area contributed by atoms with Gasteiger partial charge < -0.3 is 10.6 Å². The molecule has 0 bridgehead atoms. The van der Waals surface area contributed by atoms with Gasteiger partial charge in [-0.05, 0) is 42.8 Å². The molecule has 2 rings (SSSR count). The van der Waals surface area contributed by atoms with E-state index in [1.54, 1.807) is 0 Å². The molecule has 0 aromatic heterocycles. The Balaban J connectivity index is 1.86. The van der Waals surface area contributed by atoms with Crippen LogP contribution < -0.4 is 10.6 Å². The largest absolute Gasteiger partial charge is 0.326 e. The molecule has 2 aromatic carbocycles. The molecule has 0 saturated heterocycles. The normalized spacial score (nSPS) is 10.4. The number of rotatable bonds is 8. The Morgan fingerprint density at radius 3 is 2.54 bits per heavy atom. The third kappa shape index (κ3) is 6.69. The molecule has 0 aliphatic rings. The molecule has 0 aliphatic carbocycles. The number of carbonyl (C=O) groups excluding carboxylic acids is 2. The van der Waals surface area contributed by atoms with Gasteiger partial charge in [0.05, 0.1) is 10.8 Å². The fraction of sp³-hybridized carbons (Fsp3) is 0.263. The van der Waals surface area contributed by atoms with Crippen molar-refractivity contribution in [3.63, 3.8) is 0 Å². The average Bonchev–Trinajstić information content (AvgIpc) is 2.62. The summed E-state index contributed by atoms with van der Waals surface area (Å²) in [5.41, 5.74) is 1.15. The second kappa shape index (κ2) is 10.2. The minimum Gasteiger partial charge on any atom is -0.326 e. The van der Waals surface area contributed by atoms with Gasteiger partial charge in [0.15, 0.2) is 0 Å². The molecule has 0 spiro atoms. The van der Waals surface area contributed by atoms with Gasteiger partial charge in [-0.1, -0.05) is 31.0 Å². The molecule has 4 nitrogen and oxygen atoms in total. The Morgan fingerprint density at radius 1 is 1.08 bits per heavy atom. The molecule has 0 unspecified atom stereocenters. The molecule has 0 saturated carbocycles. The zero-order valence-electron chi connectivity index (χ0n) is 14.4. The molecule has 0 aliphatic heterocycles. The van der Waals surface area contributed by atoms with Gasteiger partial charge in [-0.25, -0.2) is 4.39 Å². The van der Waals surface area contributed by atoms with Crippen LogP contribution in [0.25, 0.3) is 0 Å². The van der Waals surface area contributed by atoms with Crippen LogP contribution in [0, 0.1) is 5.82 Å². The van der Waals surface area contributed by atoms with Crippen molar-refractivity contribution in [2.24, 2.45) is 0 Å². The third-order valence-corrected chi connectivity index (χ3v) is 4.73.